The molecule has 1 N–H and O–H groups in total. The number of aliphatic carboxylic acids is 1. The number of benzene rings is 2. The highest BCUT2D eigenvalue weighted by Gasteiger charge is 2.17. The average molecular weight is 439 g/mol. The lowest BCUT2D eigenvalue weighted by atomic mass is 10.1. The third-order valence-corrected chi connectivity index (χ3v) is 4.82. The molecular formula is C25H26FNO5. The van der Waals surface area contributed by atoms with Crippen LogP contribution in [0.2, 0.25) is 0 Å². The fourth-order valence-electron chi connectivity index (χ4n) is 3.11. The van der Waals surface area contributed by atoms with Gasteiger partial charge < -0.3 is 19.3 Å². The van der Waals surface area contributed by atoms with Crippen LogP contribution in [-0.2, 0) is 9.53 Å². The van der Waals surface area contributed by atoms with Crippen LogP contribution in [0, 0.1) is 19.7 Å². The molecule has 0 amide bonds. The lowest BCUT2D eigenvalue weighted by Gasteiger charge is -2.20. The van der Waals surface area contributed by atoms with E-state index in [0.29, 0.717) is 40.6 Å². The summed E-state index contributed by atoms with van der Waals surface area (Å²) in [4.78, 5) is 15.4. The maximum atomic E-state index is 14.0. The molecule has 3 rings (SSSR count). The molecule has 2 aromatic carbocycles. The van der Waals surface area contributed by atoms with Gasteiger partial charge in [0.25, 0.3) is 0 Å². The molecule has 0 fully saturated rings. The predicted octanol–water partition coefficient (Wildman–Crippen LogP) is 5.12. The fourth-order valence-corrected chi connectivity index (χ4v) is 3.11. The molecule has 0 aliphatic heterocycles. The number of carbonyl (C=O) groups is 1. The van der Waals surface area contributed by atoms with Crippen molar-refractivity contribution in [3.05, 3.63) is 77.2 Å². The summed E-state index contributed by atoms with van der Waals surface area (Å²) in [7, 11) is 0. The van der Waals surface area contributed by atoms with Crippen LogP contribution in [0.5, 0.6) is 11.5 Å². The number of aromatic nitrogens is 1. The van der Waals surface area contributed by atoms with E-state index in [4.69, 9.17) is 24.3 Å². The first-order valence-electron chi connectivity index (χ1n) is 10.3. The lowest BCUT2D eigenvalue weighted by molar-refractivity contribution is -0.139. The third-order valence-electron chi connectivity index (χ3n) is 4.82. The summed E-state index contributed by atoms with van der Waals surface area (Å²) < 4.78 is 31.1. The van der Waals surface area contributed by atoms with Gasteiger partial charge in [-0.3, -0.25) is 0 Å². The summed E-state index contributed by atoms with van der Waals surface area (Å²) in [5.74, 6) is -0.274. The topological polar surface area (TPSA) is 77.9 Å². The van der Waals surface area contributed by atoms with Crippen molar-refractivity contribution in [2.45, 2.75) is 26.9 Å². The molecule has 0 saturated carbocycles. The smallest absolute Gasteiger partial charge is 0.341 e. The normalized spacial score (nSPS) is 11.8. The quantitative estimate of drug-likeness (QED) is 0.472. The largest absolute Gasteiger partial charge is 0.482 e. The number of hydrogen-bond acceptors (Lipinski definition) is 5. The molecule has 1 heterocycles. The van der Waals surface area contributed by atoms with Gasteiger partial charge >= 0.3 is 5.97 Å². The number of nitrogens with zero attached hydrogens (tertiary/aromatic N) is 1. The molecule has 168 valence electrons. The van der Waals surface area contributed by atoms with Crippen molar-refractivity contribution in [2.75, 3.05) is 19.8 Å². The van der Waals surface area contributed by atoms with Crippen molar-refractivity contribution in [1.82, 2.24) is 4.98 Å². The van der Waals surface area contributed by atoms with Gasteiger partial charge in [0.15, 0.2) is 12.7 Å². The van der Waals surface area contributed by atoms with E-state index in [1.807, 2.05) is 38.1 Å². The molecule has 0 aliphatic rings. The molecule has 0 aliphatic carbocycles. The zero-order chi connectivity index (χ0) is 23.1. The van der Waals surface area contributed by atoms with Gasteiger partial charge in [-0.15, -0.1) is 0 Å². The summed E-state index contributed by atoms with van der Waals surface area (Å²) in [6.07, 6.45) is -0.490. The van der Waals surface area contributed by atoms with E-state index in [1.54, 1.807) is 31.2 Å². The Morgan fingerprint density at radius 2 is 1.91 bits per heavy atom. The molecule has 0 unspecified atom stereocenters. The SMILES string of the molecule is CCOC[C@@H](Oc1ccc(OCC(=O)O)c(C)c1)c1cccc(-c2ccc(C)c(F)c2)n1. The second-order valence-electron chi connectivity index (χ2n) is 7.29. The zero-order valence-corrected chi connectivity index (χ0v) is 18.3. The number of ether oxygens (including phenoxy) is 3. The van der Waals surface area contributed by atoms with Crippen molar-refractivity contribution in [3.63, 3.8) is 0 Å². The van der Waals surface area contributed by atoms with Gasteiger partial charge in [0.05, 0.1) is 18.0 Å². The van der Waals surface area contributed by atoms with Crippen LogP contribution < -0.4 is 9.47 Å². The first kappa shape index (κ1) is 23.2. The minimum atomic E-state index is -1.04. The molecule has 7 heteroatoms. The number of carboxylic acids is 1. The molecule has 1 atom stereocenters. The van der Waals surface area contributed by atoms with Crippen LogP contribution in [0.3, 0.4) is 0 Å². The number of carboxylic acid groups (broad SMARTS) is 1. The summed E-state index contributed by atoms with van der Waals surface area (Å²) >= 11 is 0. The van der Waals surface area contributed by atoms with E-state index in [0.717, 1.165) is 5.56 Å². The Balaban J connectivity index is 1.84. The second-order valence-corrected chi connectivity index (χ2v) is 7.29. The minimum Gasteiger partial charge on any atom is -0.482 e. The Hall–Kier alpha value is -3.45. The Kier molecular flexibility index (Phi) is 7.78. The second kappa shape index (κ2) is 10.7. The number of halogens is 1. The standard InChI is InChI=1S/C25H26FNO5/c1-4-30-14-24(32-19-10-11-23(17(3)12-19)31-15-25(28)29)22-7-5-6-21(27-22)18-9-8-16(2)20(26)13-18/h5-13,24H,4,14-15H2,1-3H3,(H,28,29)/t24-/m1/s1. The Morgan fingerprint density at radius 3 is 2.59 bits per heavy atom. The van der Waals surface area contributed by atoms with Crippen LogP contribution in [0.25, 0.3) is 11.3 Å². The molecular weight excluding hydrogens is 413 g/mol. The van der Waals surface area contributed by atoms with Gasteiger partial charge in [0.1, 0.15) is 17.3 Å². The van der Waals surface area contributed by atoms with E-state index in [1.165, 1.54) is 6.07 Å². The van der Waals surface area contributed by atoms with Crippen LogP contribution in [-0.4, -0.2) is 35.9 Å². The fraction of sp³-hybridized carbons (Fsp3) is 0.280. The van der Waals surface area contributed by atoms with E-state index in [9.17, 15) is 9.18 Å². The zero-order valence-electron chi connectivity index (χ0n) is 18.3. The minimum absolute atomic E-state index is 0.280. The van der Waals surface area contributed by atoms with Gasteiger partial charge in [-0.25, -0.2) is 14.2 Å². The highest BCUT2D eigenvalue weighted by atomic mass is 19.1. The van der Waals surface area contributed by atoms with E-state index in [-0.39, 0.29) is 12.4 Å². The van der Waals surface area contributed by atoms with Crippen molar-refractivity contribution in [3.8, 4) is 22.8 Å². The van der Waals surface area contributed by atoms with Gasteiger partial charge in [-0.2, -0.15) is 0 Å². The van der Waals surface area contributed by atoms with Crippen molar-refractivity contribution in [1.29, 1.82) is 0 Å². The van der Waals surface area contributed by atoms with Crippen molar-refractivity contribution in [2.24, 2.45) is 0 Å². The maximum Gasteiger partial charge on any atom is 0.341 e. The van der Waals surface area contributed by atoms with Crippen molar-refractivity contribution < 1.29 is 28.5 Å². The number of aryl methyl sites for hydroxylation is 2. The molecule has 32 heavy (non-hydrogen) atoms. The van der Waals surface area contributed by atoms with Gasteiger partial charge in [0.2, 0.25) is 0 Å². The molecule has 1 aromatic heterocycles. The first-order chi connectivity index (χ1) is 15.4. The summed E-state index contributed by atoms with van der Waals surface area (Å²) in [6, 6.07) is 15.7. The number of hydrogen-bond donors (Lipinski definition) is 1. The van der Waals surface area contributed by atoms with E-state index >= 15 is 0 Å². The van der Waals surface area contributed by atoms with Crippen LogP contribution in [0.4, 0.5) is 4.39 Å². The Bertz CT molecular complexity index is 1090. The van der Waals surface area contributed by atoms with Gasteiger partial charge in [-0.1, -0.05) is 18.2 Å². The van der Waals surface area contributed by atoms with E-state index < -0.39 is 18.7 Å². The third kappa shape index (κ3) is 6.04. The average Bonchev–Trinajstić information content (AvgIpc) is 2.78. The monoisotopic (exact) mass is 439 g/mol. The Labute approximate surface area is 186 Å². The Morgan fingerprint density at radius 1 is 1.09 bits per heavy atom. The molecule has 0 spiro atoms. The number of rotatable bonds is 10. The highest BCUT2D eigenvalue weighted by molar-refractivity contribution is 5.68. The van der Waals surface area contributed by atoms with E-state index in [2.05, 4.69) is 0 Å². The number of pyridine rings is 1. The summed E-state index contributed by atoms with van der Waals surface area (Å²) in [5, 5.41) is 8.79. The molecule has 6 nitrogen and oxygen atoms in total. The van der Waals surface area contributed by atoms with Crippen LogP contribution in [0.1, 0.15) is 29.8 Å². The predicted molar refractivity (Wildman–Crippen MR) is 119 cm³/mol. The highest BCUT2D eigenvalue weighted by Crippen LogP contribution is 2.28. The summed E-state index contributed by atoms with van der Waals surface area (Å²) in [5.41, 5.74) is 3.30. The van der Waals surface area contributed by atoms with Gasteiger partial charge in [-0.05, 0) is 68.3 Å². The first-order valence-corrected chi connectivity index (χ1v) is 10.3. The molecule has 3 aromatic rings. The van der Waals surface area contributed by atoms with Crippen molar-refractivity contribution >= 4 is 5.97 Å². The van der Waals surface area contributed by atoms with Crippen LogP contribution >= 0.6 is 0 Å². The molecule has 0 radical (unpaired) electrons. The van der Waals surface area contributed by atoms with Gasteiger partial charge in [0, 0.05) is 12.2 Å². The lowest BCUT2D eigenvalue weighted by Crippen LogP contribution is -2.16. The molecule has 0 bridgehead atoms. The molecule has 0 saturated heterocycles. The van der Waals surface area contributed by atoms with Crippen LogP contribution in [0.15, 0.2) is 54.6 Å². The maximum absolute atomic E-state index is 14.0. The summed E-state index contributed by atoms with van der Waals surface area (Å²) in [6.45, 7) is 5.82.